The Bertz CT molecular complexity index is 905. The summed E-state index contributed by atoms with van der Waals surface area (Å²) in [7, 11) is 0. The third-order valence-corrected chi connectivity index (χ3v) is 5.66. The number of nitrogens with zero attached hydrogens (tertiary/aromatic N) is 3. The molecule has 1 aliphatic carbocycles. The minimum absolute atomic E-state index is 0.0162. The number of pyridine rings is 1. The van der Waals surface area contributed by atoms with Gasteiger partial charge in [0.1, 0.15) is 11.6 Å². The van der Waals surface area contributed by atoms with Crippen molar-refractivity contribution in [3.05, 3.63) is 52.7 Å². The molecule has 29 heavy (non-hydrogen) atoms. The molecule has 1 aromatic carbocycles. The summed E-state index contributed by atoms with van der Waals surface area (Å²) < 4.78 is 38.0. The second kappa shape index (κ2) is 7.57. The van der Waals surface area contributed by atoms with E-state index in [0.29, 0.717) is 37.6 Å². The van der Waals surface area contributed by atoms with E-state index in [1.807, 2.05) is 11.0 Å². The molecule has 0 bridgehead atoms. The summed E-state index contributed by atoms with van der Waals surface area (Å²) in [6, 6.07) is 5.90. The van der Waals surface area contributed by atoms with Crippen LogP contribution in [0.5, 0.6) is 5.75 Å². The van der Waals surface area contributed by atoms with Gasteiger partial charge in [0.25, 0.3) is 5.91 Å². The molecule has 154 valence electrons. The van der Waals surface area contributed by atoms with Crippen LogP contribution in [0.2, 0.25) is 0 Å². The normalized spacial score (nSPS) is 17.2. The molecule has 0 saturated carbocycles. The van der Waals surface area contributed by atoms with E-state index in [-0.39, 0.29) is 11.7 Å². The van der Waals surface area contributed by atoms with Gasteiger partial charge < -0.3 is 14.9 Å². The number of hydrogen-bond donors (Lipinski definition) is 1. The summed E-state index contributed by atoms with van der Waals surface area (Å²) >= 11 is 0. The Balaban J connectivity index is 1.42. The van der Waals surface area contributed by atoms with E-state index in [4.69, 9.17) is 0 Å². The van der Waals surface area contributed by atoms with Crippen LogP contribution in [0.15, 0.2) is 30.5 Å². The average molecular weight is 405 g/mol. The molecule has 1 N–H and O–H groups in total. The molecule has 0 spiro atoms. The number of benzene rings is 1. The largest absolute Gasteiger partial charge is 0.507 e. The molecule has 1 amide bonds. The third-order valence-electron chi connectivity index (χ3n) is 5.66. The number of halogens is 3. The molecule has 2 aliphatic rings. The van der Waals surface area contributed by atoms with Crippen molar-refractivity contribution in [2.24, 2.45) is 0 Å². The lowest BCUT2D eigenvalue weighted by Gasteiger charge is -2.35. The number of aromatic hydroxyl groups is 1. The SMILES string of the molecule is O=C(c1cc2c(cc1O)CCCC2)N1CCN(c2ccc(C(F)(F)F)cn2)CC1. The molecule has 0 atom stereocenters. The van der Waals surface area contributed by atoms with Crippen LogP contribution in [-0.2, 0) is 19.0 Å². The predicted octanol–water partition coefficient (Wildman–Crippen LogP) is 3.65. The molecule has 4 rings (SSSR count). The van der Waals surface area contributed by atoms with Crippen LogP contribution in [0.25, 0.3) is 0 Å². The highest BCUT2D eigenvalue weighted by Crippen LogP contribution is 2.31. The highest BCUT2D eigenvalue weighted by Gasteiger charge is 2.31. The first-order valence-corrected chi connectivity index (χ1v) is 9.75. The summed E-state index contributed by atoms with van der Waals surface area (Å²) in [6.45, 7) is 1.77. The topological polar surface area (TPSA) is 56.7 Å². The quantitative estimate of drug-likeness (QED) is 0.829. The third kappa shape index (κ3) is 4.02. The van der Waals surface area contributed by atoms with Crippen molar-refractivity contribution < 1.29 is 23.1 Å². The standard InChI is InChI=1S/C21H22F3N3O2/c22-21(23,24)16-5-6-19(25-13-16)26-7-9-27(10-8-26)20(29)17-11-14-3-1-2-4-15(14)12-18(17)28/h5-6,11-13,28H,1-4,7-10H2. The molecule has 8 heteroatoms. The number of hydrogen-bond acceptors (Lipinski definition) is 4. The highest BCUT2D eigenvalue weighted by molar-refractivity contribution is 5.97. The van der Waals surface area contributed by atoms with Crippen LogP contribution in [0.1, 0.15) is 39.9 Å². The van der Waals surface area contributed by atoms with Gasteiger partial charge in [0.05, 0.1) is 11.1 Å². The predicted molar refractivity (Wildman–Crippen MR) is 102 cm³/mol. The van der Waals surface area contributed by atoms with E-state index in [0.717, 1.165) is 49.1 Å². The van der Waals surface area contributed by atoms with E-state index in [2.05, 4.69) is 4.98 Å². The van der Waals surface area contributed by atoms with Gasteiger partial charge in [-0.1, -0.05) is 0 Å². The minimum atomic E-state index is -4.41. The monoisotopic (exact) mass is 405 g/mol. The number of phenolic OH excluding ortho intramolecular Hbond substituents is 1. The molecule has 1 aliphatic heterocycles. The maximum Gasteiger partial charge on any atom is 0.417 e. The highest BCUT2D eigenvalue weighted by atomic mass is 19.4. The number of carbonyl (C=O) groups excluding carboxylic acids is 1. The van der Waals surface area contributed by atoms with Crippen LogP contribution in [0.4, 0.5) is 19.0 Å². The Hall–Kier alpha value is -2.77. The Kier molecular flexibility index (Phi) is 5.10. The Morgan fingerprint density at radius 1 is 1.00 bits per heavy atom. The zero-order chi connectivity index (χ0) is 20.6. The zero-order valence-electron chi connectivity index (χ0n) is 15.9. The Morgan fingerprint density at radius 2 is 1.66 bits per heavy atom. The number of fused-ring (bicyclic) bond motifs is 1. The summed E-state index contributed by atoms with van der Waals surface area (Å²) in [5.74, 6) is 0.264. The number of alkyl halides is 3. The van der Waals surface area contributed by atoms with Crippen LogP contribution in [0.3, 0.4) is 0 Å². The van der Waals surface area contributed by atoms with Crippen molar-refractivity contribution in [1.82, 2.24) is 9.88 Å². The fourth-order valence-electron chi connectivity index (χ4n) is 3.99. The summed E-state index contributed by atoms with van der Waals surface area (Å²) in [4.78, 5) is 20.4. The van der Waals surface area contributed by atoms with Gasteiger partial charge in [-0.3, -0.25) is 4.79 Å². The van der Waals surface area contributed by atoms with Crippen LogP contribution >= 0.6 is 0 Å². The number of rotatable bonds is 2. The van der Waals surface area contributed by atoms with Gasteiger partial charge >= 0.3 is 6.18 Å². The maximum atomic E-state index is 12.9. The van der Waals surface area contributed by atoms with Crippen molar-refractivity contribution in [3.63, 3.8) is 0 Å². The van der Waals surface area contributed by atoms with E-state index < -0.39 is 11.7 Å². The second-order valence-electron chi connectivity index (χ2n) is 7.53. The van der Waals surface area contributed by atoms with Gasteiger partial charge in [0.2, 0.25) is 0 Å². The van der Waals surface area contributed by atoms with Gasteiger partial charge in [-0.2, -0.15) is 13.2 Å². The minimum Gasteiger partial charge on any atom is -0.507 e. The number of aryl methyl sites for hydroxylation is 2. The Morgan fingerprint density at radius 3 is 2.24 bits per heavy atom. The van der Waals surface area contributed by atoms with Gasteiger partial charge in [-0.15, -0.1) is 0 Å². The summed E-state index contributed by atoms with van der Waals surface area (Å²) in [6.07, 6.45) is 0.453. The molecule has 0 radical (unpaired) electrons. The maximum absolute atomic E-state index is 12.9. The number of phenols is 1. The van der Waals surface area contributed by atoms with Crippen LogP contribution in [-0.4, -0.2) is 47.1 Å². The van der Waals surface area contributed by atoms with Gasteiger partial charge in [0.15, 0.2) is 0 Å². The zero-order valence-corrected chi connectivity index (χ0v) is 15.9. The molecule has 1 saturated heterocycles. The van der Waals surface area contributed by atoms with E-state index in [1.54, 1.807) is 11.0 Å². The molecule has 5 nitrogen and oxygen atoms in total. The molecule has 2 aromatic rings. The molecular weight excluding hydrogens is 383 g/mol. The lowest BCUT2D eigenvalue weighted by molar-refractivity contribution is -0.137. The summed E-state index contributed by atoms with van der Waals surface area (Å²) in [5, 5.41) is 10.3. The summed E-state index contributed by atoms with van der Waals surface area (Å²) in [5.41, 5.74) is 1.79. The number of carbonyl (C=O) groups is 1. The van der Waals surface area contributed by atoms with Crippen LogP contribution < -0.4 is 4.90 Å². The van der Waals surface area contributed by atoms with Crippen molar-refractivity contribution in [2.45, 2.75) is 31.9 Å². The molecule has 1 fully saturated rings. The van der Waals surface area contributed by atoms with Crippen LogP contribution in [0, 0.1) is 0 Å². The van der Waals surface area contributed by atoms with Gasteiger partial charge in [-0.05, 0) is 61.1 Å². The molecular formula is C21H22F3N3O2. The second-order valence-corrected chi connectivity index (χ2v) is 7.53. The molecule has 1 aromatic heterocycles. The average Bonchev–Trinajstić information content (AvgIpc) is 2.72. The fourth-order valence-corrected chi connectivity index (χ4v) is 3.99. The van der Waals surface area contributed by atoms with Crippen molar-refractivity contribution in [1.29, 1.82) is 0 Å². The van der Waals surface area contributed by atoms with Crippen molar-refractivity contribution in [2.75, 3.05) is 31.1 Å². The van der Waals surface area contributed by atoms with E-state index in [9.17, 15) is 23.1 Å². The first kappa shape index (κ1) is 19.5. The fraction of sp³-hybridized carbons (Fsp3) is 0.429. The molecule has 0 unspecified atom stereocenters. The smallest absolute Gasteiger partial charge is 0.417 e. The first-order chi connectivity index (χ1) is 13.8. The number of aromatic nitrogens is 1. The number of piperazine rings is 1. The lowest BCUT2D eigenvalue weighted by Crippen LogP contribution is -2.49. The number of amides is 1. The van der Waals surface area contributed by atoms with Gasteiger partial charge in [-0.25, -0.2) is 4.98 Å². The van der Waals surface area contributed by atoms with Gasteiger partial charge in [0, 0.05) is 32.4 Å². The van der Waals surface area contributed by atoms with E-state index in [1.165, 1.54) is 6.07 Å². The first-order valence-electron chi connectivity index (χ1n) is 9.75. The number of anilines is 1. The Labute approximate surface area is 166 Å². The molecule has 2 heterocycles. The van der Waals surface area contributed by atoms with Crippen molar-refractivity contribution in [3.8, 4) is 5.75 Å². The lowest BCUT2D eigenvalue weighted by atomic mass is 9.89. The van der Waals surface area contributed by atoms with E-state index >= 15 is 0 Å². The van der Waals surface area contributed by atoms with Crippen molar-refractivity contribution >= 4 is 11.7 Å².